The van der Waals surface area contributed by atoms with Crippen LogP contribution in [0.1, 0.15) is 12.8 Å². The highest BCUT2D eigenvalue weighted by atomic mass is 79.9. The van der Waals surface area contributed by atoms with E-state index in [-0.39, 0.29) is 11.9 Å². The highest BCUT2D eigenvalue weighted by Gasteiger charge is 2.14. The number of hydrogen-bond donors (Lipinski definition) is 1. The molecule has 0 amide bonds. The maximum Gasteiger partial charge on any atom is 0.128 e. The maximum atomic E-state index is 13.1. The summed E-state index contributed by atoms with van der Waals surface area (Å²) in [6.45, 7) is 1.89. The van der Waals surface area contributed by atoms with Crippen molar-refractivity contribution in [2.75, 3.05) is 13.1 Å². The highest BCUT2D eigenvalue weighted by molar-refractivity contribution is 9.10. The second-order valence-corrected chi connectivity index (χ2v) is 4.61. The number of rotatable bonds is 2. The molecular formula is C11H13BrFNO. The van der Waals surface area contributed by atoms with Crippen LogP contribution < -0.4 is 10.1 Å². The van der Waals surface area contributed by atoms with Gasteiger partial charge in [-0.3, -0.25) is 0 Å². The molecule has 1 aliphatic rings. The zero-order valence-electron chi connectivity index (χ0n) is 8.30. The van der Waals surface area contributed by atoms with Gasteiger partial charge in [-0.05, 0) is 31.5 Å². The van der Waals surface area contributed by atoms with Crippen molar-refractivity contribution in [3.8, 4) is 5.75 Å². The number of halogens is 2. The molecule has 0 aromatic heterocycles. The number of ether oxygens (including phenoxy) is 1. The Hall–Kier alpha value is -0.610. The van der Waals surface area contributed by atoms with E-state index in [9.17, 15) is 4.39 Å². The molecule has 82 valence electrons. The summed E-state index contributed by atoms with van der Waals surface area (Å²) >= 11 is 3.24. The van der Waals surface area contributed by atoms with Gasteiger partial charge in [-0.25, -0.2) is 4.39 Å². The van der Waals surface area contributed by atoms with Crippen molar-refractivity contribution in [2.45, 2.75) is 18.9 Å². The van der Waals surface area contributed by atoms with E-state index in [0.29, 0.717) is 10.2 Å². The largest absolute Gasteiger partial charge is 0.489 e. The molecule has 0 spiro atoms. The zero-order valence-corrected chi connectivity index (χ0v) is 9.89. The van der Waals surface area contributed by atoms with Crippen LogP contribution in [0.5, 0.6) is 5.75 Å². The molecule has 1 aliphatic heterocycles. The van der Waals surface area contributed by atoms with Gasteiger partial charge < -0.3 is 10.1 Å². The highest BCUT2D eigenvalue weighted by Crippen LogP contribution is 2.22. The van der Waals surface area contributed by atoms with E-state index in [4.69, 9.17) is 4.74 Å². The summed E-state index contributed by atoms with van der Waals surface area (Å²) in [4.78, 5) is 0. The minimum absolute atomic E-state index is 0.160. The smallest absolute Gasteiger partial charge is 0.128 e. The molecule has 0 bridgehead atoms. The van der Waals surface area contributed by atoms with E-state index < -0.39 is 0 Å². The van der Waals surface area contributed by atoms with Crippen LogP contribution in [0.4, 0.5) is 4.39 Å². The molecule has 1 aromatic rings. The molecule has 4 heteroatoms. The third kappa shape index (κ3) is 3.18. The third-order valence-electron chi connectivity index (χ3n) is 2.39. The van der Waals surface area contributed by atoms with Crippen molar-refractivity contribution in [1.82, 2.24) is 5.32 Å². The molecule has 0 radical (unpaired) electrons. The minimum atomic E-state index is -0.275. The van der Waals surface area contributed by atoms with Gasteiger partial charge in [0.25, 0.3) is 0 Å². The van der Waals surface area contributed by atoms with Gasteiger partial charge in [0, 0.05) is 17.1 Å². The standard InChI is InChI=1S/C11H13BrFNO/c12-8-4-9(13)6-11(5-8)15-10-2-1-3-14-7-10/h4-6,10,14H,1-3,7H2. The fourth-order valence-corrected chi connectivity index (χ4v) is 2.15. The molecule has 1 unspecified atom stereocenters. The molecule has 2 rings (SSSR count). The molecular weight excluding hydrogens is 261 g/mol. The second-order valence-electron chi connectivity index (χ2n) is 3.69. The Morgan fingerprint density at radius 1 is 1.40 bits per heavy atom. The topological polar surface area (TPSA) is 21.3 Å². The molecule has 1 atom stereocenters. The Labute approximate surface area is 96.9 Å². The van der Waals surface area contributed by atoms with Crippen molar-refractivity contribution >= 4 is 15.9 Å². The fourth-order valence-electron chi connectivity index (χ4n) is 1.71. The van der Waals surface area contributed by atoms with E-state index in [1.807, 2.05) is 0 Å². The molecule has 0 saturated carbocycles. The summed E-state index contributed by atoms with van der Waals surface area (Å²) < 4.78 is 19.5. The van der Waals surface area contributed by atoms with E-state index in [1.54, 1.807) is 6.07 Å². The Bertz CT molecular complexity index is 319. The van der Waals surface area contributed by atoms with Crippen molar-refractivity contribution in [1.29, 1.82) is 0 Å². The van der Waals surface area contributed by atoms with Crippen LogP contribution in [0, 0.1) is 5.82 Å². The average Bonchev–Trinajstić information content (AvgIpc) is 2.17. The van der Waals surface area contributed by atoms with Crippen LogP contribution in [0.2, 0.25) is 0 Å². The van der Waals surface area contributed by atoms with Gasteiger partial charge in [0.1, 0.15) is 17.7 Å². The quantitative estimate of drug-likeness (QED) is 0.895. The first kappa shape index (κ1) is 10.9. The minimum Gasteiger partial charge on any atom is -0.489 e. The molecule has 1 fully saturated rings. The monoisotopic (exact) mass is 273 g/mol. The normalized spacial score (nSPS) is 21.3. The van der Waals surface area contributed by atoms with E-state index in [1.165, 1.54) is 12.1 Å². The van der Waals surface area contributed by atoms with Crippen LogP contribution in [0.25, 0.3) is 0 Å². The number of hydrogen-bond acceptors (Lipinski definition) is 2. The summed E-state index contributed by atoms with van der Waals surface area (Å²) in [6.07, 6.45) is 2.30. The summed E-state index contributed by atoms with van der Waals surface area (Å²) in [5.74, 6) is 0.318. The number of piperidine rings is 1. The van der Waals surface area contributed by atoms with Crippen LogP contribution in [-0.2, 0) is 0 Å². The third-order valence-corrected chi connectivity index (χ3v) is 2.85. The Morgan fingerprint density at radius 2 is 2.27 bits per heavy atom. The van der Waals surface area contributed by atoms with Crippen molar-refractivity contribution < 1.29 is 9.13 Å². The van der Waals surface area contributed by atoms with Gasteiger partial charge in [0.2, 0.25) is 0 Å². The van der Waals surface area contributed by atoms with Crippen LogP contribution in [0.3, 0.4) is 0 Å². The van der Waals surface area contributed by atoms with Crippen molar-refractivity contribution in [2.24, 2.45) is 0 Å². The predicted octanol–water partition coefficient (Wildman–Crippen LogP) is 2.72. The second kappa shape index (κ2) is 4.94. The molecule has 1 N–H and O–H groups in total. The summed E-state index contributed by atoms with van der Waals surface area (Å²) in [6, 6.07) is 4.63. The first-order chi connectivity index (χ1) is 7.24. The Morgan fingerprint density at radius 3 is 2.93 bits per heavy atom. The summed E-state index contributed by atoms with van der Waals surface area (Å²) in [7, 11) is 0. The maximum absolute atomic E-state index is 13.1. The lowest BCUT2D eigenvalue weighted by atomic mass is 10.1. The van der Waals surface area contributed by atoms with Gasteiger partial charge >= 0.3 is 0 Å². The van der Waals surface area contributed by atoms with Crippen LogP contribution >= 0.6 is 15.9 Å². The van der Waals surface area contributed by atoms with Gasteiger partial charge in [-0.15, -0.1) is 0 Å². The lowest BCUT2D eigenvalue weighted by Gasteiger charge is -2.24. The number of nitrogens with one attached hydrogen (secondary N) is 1. The van der Waals surface area contributed by atoms with Gasteiger partial charge in [-0.1, -0.05) is 15.9 Å². The average molecular weight is 274 g/mol. The lowest BCUT2D eigenvalue weighted by Crippen LogP contribution is -2.37. The van der Waals surface area contributed by atoms with Gasteiger partial charge in [0.05, 0.1) is 0 Å². The summed E-state index contributed by atoms with van der Waals surface area (Å²) in [5, 5.41) is 3.25. The number of benzene rings is 1. The summed E-state index contributed by atoms with van der Waals surface area (Å²) in [5.41, 5.74) is 0. The lowest BCUT2D eigenvalue weighted by molar-refractivity contribution is 0.166. The fraction of sp³-hybridized carbons (Fsp3) is 0.455. The van der Waals surface area contributed by atoms with Crippen molar-refractivity contribution in [3.63, 3.8) is 0 Å². The first-order valence-electron chi connectivity index (χ1n) is 5.07. The van der Waals surface area contributed by atoms with E-state index in [2.05, 4.69) is 21.2 Å². The Balaban J connectivity index is 2.02. The molecule has 15 heavy (non-hydrogen) atoms. The molecule has 1 aromatic carbocycles. The molecule has 0 aliphatic carbocycles. The first-order valence-corrected chi connectivity index (χ1v) is 5.87. The molecule has 1 heterocycles. The van der Waals surface area contributed by atoms with Gasteiger partial charge in [-0.2, -0.15) is 0 Å². The van der Waals surface area contributed by atoms with E-state index in [0.717, 1.165) is 25.9 Å². The SMILES string of the molecule is Fc1cc(Br)cc(OC2CCCNC2)c1. The van der Waals surface area contributed by atoms with E-state index >= 15 is 0 Å². The van der Waals surface area contributed by atoms with Crippen LogP contribution in [0.15, 0.2) is 22.7 Å². The van der Waals surface area contributed by atoms with Gasteiger partial charge in [0.15, 0.2) is 0 Å². The zero-order chi connectivity index (χ0) is 10.7. The van der Waals surface area contributed by atoms with Crippen LogP contribution in [-0.4, -0.2) is 19.2 Å². The molecule has 1 saturated heterocycles. The predicted molar refractivity (Wildman–Crippen MR) is 60.6 cm³/mol. The van der Waals surface area contributed by atoms with Crippen molar-refractivity contribution in [3.05, 3.63) is 28.5 Å². The molecule has 2 nitrogen and oxygen atoms in total. The Kier molecular flexibility index (Phi) is 3.59.